The van der Waals surface area contributed by atoms with Crippen LogP contribution in [0, 0.1) is 12.7 Å². The second-order valence-corrected chi connectivity index (χ2v) is 10.5. The van der Waals surface area contributed by atoms with Gasteiger partial charge in [-0.05, 0) is 61.9 Å². The molecule has 0 aliphatic heterocycles. The molecule has 2 amide bonds. The molecule has 0 bridgehead atoms. The number of benzene rings is 3. The standard InChI is InChI=1S/C26H27ClFN3O4S/c1-18-8-12-22(13-9-18)31(36(34,35)23-14-10-21(28)11-15-23)17-25(32)30(19(2)26(33)29-3)16-20-6-4-5-7-24(20)27/h4-15,19H,16-17H2,1-3H3,(H,29,33)/t19-/m0/s1. The average Bonchev–Trinajstić information content (AvgIpc) is 2.86. The zero-order valence-corrected chi connectivity index (χ0v) is 21.7. The summed E-state index contributed by atoms with van der Waals surface area (Å²) in [6.07, 6.45) is 0. The largest absolute Gasteiger partial charge is 0.357 e. The maximum atomic E-state index is 13.6. The highest BCUT2D eigenvalue weighted by Crippen LogP contribution is 2.26. The van der Waals surface area contributed by atoms with Crippen LogP contribution in [-0.2, 0) is 26.2 Å². The highest BCUT2D eigenvalue weighted by atomic mass is 35.5. The molecular weight excluding hydrogens is 505 g/mol. The van der Waals surface area contributed by atoms with Crippen LogP contribution >= 0.6 is 11.6 Å². The minimum atomic E-state index is -4.25. The molecule has 0 aliphatic carbocycles. The molecule has 10 heteroatoms. The van der Waals surface area contributed by atoms with Crippen LogP contribution in [0.4, 0.5) is 10.1 Å². The van der Waals surface area contributed by atoms with Gasteiger partial charge in [-0.1, -0.05) is 47.5 Å². The van der Waals surface area contributed by atoms with Crippen molar-refractivity contribution in [2.45, 2.75) is 31.3 Å². The summed E-state index contributed by atoms with van der Waals surface area (Å²) in [5, 5.41) is 2.93. The number of halogens is 2. The van der Waals surface area contributed by atoms with Crippen molar-refractivity contribution in [3.63, 3.8) is 0 Å². The Hall–Kier alpha value is -3.43. The molecule has 1 atom stereocenters. The molecule has 1 N–H and O–H groups in total. The minimum Gasteiger partial charge on any atom is -0.357 e. The Morgan fingerprint density at radius 2 is 1.61 bits per heavy atom. The fourth-order valence-electron chi connectivity index (χ4n) is 3.58. The molecule has 190 valence electrons. The van der Waals surface area contributed by atoms with E-state index in [4.69, 9.17) is 11.6 Å². The Bertz CT molecular complexity index is 1330. The Morgan fingerprint density at radius 3 is 2.19 bits per heavy atom. The third kappa shape index (κ3) is 6.22. The lowest BCUT2D eigenvalue weighted by Crippen LogP contribution is -2.50. The highest BCUT2D eigenvalue weighted by Gasteiger charge is 2.32. The van der Waals surface area contributed by atoms with Crippen LogP contribution in [-0.4, -0.2) is 44.8 Å². The molecule has 0 radical (unpaired) electrons. The molecule has 0 aliphatic rings. The SMILES string of the molecule is CNC(=O)[C@H](C)N(Cc1ccccc1Cl)C(=O)CN(c1ccc(C)cc1)S(=O)(=O)c1ccc(F)cc1. The number of hydrogen-bond acceptors (Lipinski definition) is 4. The zero-order chi connectivity index (χ0) is 26.5. The molecule has 0 fully saturated rings. The van der Waals surface area contributed by atoms with Crippen molar-refractivity contribution >= 4 is 39.1 Å². The normalized spacial score (nSPS) is 12.0. The lowest BCUT2D eigenvalue weighted by molar-refractivity contribution is -0.139. The van der Waals surface area contributed by atoms with Gasteiger partial charge in [0.2, 0.25) is 11.8 Å². The van der Waals surface area contributed by atoms with Gasteiger partial charge >= 0.3 is 0 Å². The highest BCUT2D eigenvalue weighted by molar-refractivity contribution is 7.92. The lowest BCUT2D eigenvalue weighted by Gasteiger charge is -2.32. The van der Waals surface area contributed by atoms with Crippen molar-refractivity contribution in [3.8, 4) is 0 Å². The van der Waals surface area contributed by atoms with Gasteiger partial charge in [-0.25, -0.2) is 12.8 Å². The quantitative estimate of drug-likeness (QED) is 0.449. The van der Waals surface area contributed by atoms with E-state index in [1.807, 2.05) is 6.92 Å². The van der Waals surface area contributed by atoms with Gasteiger partial charge in [0, 0.05) is 18.6 Å². The van der Waals surface area contributed by atoms with E-state index < -0.39 is 40.2 Å². The molecule has 3 rings (SSSR count). The molecular formula is C26H27ClFN3O4S. The van der Waals surface area contributed by atoms with Gasteiger partial charge in [-0.15, -0.1) is 0 Å². The second kappa shape index (κ2) is 11.5. The number of rotatable bonds is 9. The van der Waals surface area contributed by atoms with Gasteiger partial charge in [-0.3, -0.25) is 13.9 Å². The minimum absolute atomic E-state index is 0.00850. The molecule has 36 heavy (non-hydrogen) atoms. The van der Waals surface area contributed by atoms with E-state index >= 15 is 0 Å². The summed E-state index contributed by atoms with van der Waals surface area (Å²) in [7, 11) is -2.80. The average molecular weight is 532 g/mol. The molecule has 3 aromatic carbocycles. The number of sulfonamides is 1. The van der Waals surface area contributed by atoms with Crippen LogP contribution in [0.5, 0.6) is 0 Å². The second-order valence-electron chi connectivity index (χ2n) is 8.20. The first kappa shape index (κ1) is 27.2. The predicted molar refractivity (Wildman–Crippen MR) is 138 cm³/mol. The molecule has 0 saturated heterocycles. The zero-order valence-electron chi connectivity index (χ0n) is 20.1. The number of hydrogen-bond donors (Lipinski definition) is 1. The van der Waals surface area contributed by atoms with E-state index in [1.54, 1.807) is 55.5 Å². The smallest absolute Gasteiger partial charge is 0.264 e. The van der Waals surface area contributed by atoms with E-state index in [0.717, 1.165) is 34.1 Å². The van der Waals surface area contributed by atoms with Crippen LogP contribution in [0.3, 0.4) is 0 Å². The van der Waals surface area contributed by atoms with Crippen LogP contribution in [0.15, 0.2) is 77.7 Å². The van der Waals surface area contributed by atoms with Gasteiger partial charge in [0.05, 0.1) is 10.6 Å². The van der Waals surface area contributed by atoms with E-state index in [1.165, 1.54) is 11.9 Å². The van der Waals surface area contributed by atoms with Gasteiger partial charge in [0.1, 0.15) is 18.4 Å². The fraction of sp³-hybridized carbons (Fsp3) is 0.231. The Morgan fingerprint density at radius 1 is 1.00 bits per heavy atom. The van der Waals surface area contributed by atoms with Crippen LogP contribution in [0.25, 0.3) is 0 Å². The predicted octanol–water partition coefficient (Wildman–Crippen LogP) is 4.15. The first-order chi connectivity index (χ1) is 17.0. The molecule has 7 nitrogen and oxygen atoms in total. The number of carbonyl (C=O) groups is 2. The Balaban J connectivity index is 2.03. The number of aryl methyl sites for hydroxylation is 1. The summed E-state index contributed by atoms with van der Waals surface area (Å²) in [5.41, 5.74) is 1.76. The first-order valence-electron chi connectivity index (χ1n) is 11.1. The van der Waals surface area contributed by atoms with Crippen molar-refractivity contribution in [1.29, 1.82) is 0 Å². The molecule has 0 unspecified atom stereocenters. The van der Waals surface area contributed by atoms with Crippen molar-refractivity contribution < 1.29 is 22.4 Å². The van der Waals surface area contributed by atoms with Gasteiger partial charge in [-0.2, -0.15) is 0 Å². The topological polar surface area (TPSA) is 86.8 Å². The summed E-state index contributed by atoms with van der Waals surface area (Å²) >= 11 is 6.30. The first-order valence-corrected chi connectivity index (χ1v) is 13.0. The summed E-state index contributed by atoms with van der Waals surface area (Å²) < 4.78 is 41.6. The van der Waals surface area contributed by atoms with Gasteiger partial charge < -0.3 is 10.2 Å². The lowest BCUT2D eigenvalue weighted by atomic mass is 10.1. The van der Waals surface area contributed by atoms with E-state index in [0.29, 0.717) is 10.6 Å². The van der Waals surface area contributed by atoms with Crippen molar-refractivity contribution in [2.75, 3.05) is 17.9 Å². The van der Waals surface area contributed by atoms with Crippen LogP contribution in [0.1, 0.15) is 18.1 Å². The number of nitrogens with zero attached hydrogens (tertiary/aromatic N) is 2. The molecule has 0 saturated carbocycles. The number of anilines is 1. The summed E-state index contributed by atoms with van der Waals surface area (Å²) in [5.74, 6) is -1.62. The molecule has 0 aromatic heterocycles. The van der Waals surface area contributed by atoms with Crippen LogP contribution < -0.4 is 9.62 Å². The van der Waals surface area contributed by atoms with Crippen molar-refractivity contribution in [2.24, 2.45) is 0 Å². The number of likely N-dealkylation sites (N-methyl/N-ethyl adjacent to an activating group) is 1. The Labute approximate surface area is 215 Å². The number of nitrogens with one attached hydrogen (secondary N) is 1. The summed E-state index contributed by atoms with van der Waals surface area (Å²) in [4.78, 5) is 27.2. The fourth-order valence-corrected chi connectivity index (χ4v) is 5.18. The third-order valence-electron chi connectivity index (χ3n) is 5.71. The van der Waals surface area contributed by atoms with Crippen molar-refractivity contribution in [3.05, 3.63) is 94.8 Å². The molecule has 0 heterocycles. The van der Waals surface area contributed by atoms with E-state index in [9.17, 15) is 22.4 Å². The van der Waals surface area contributed by atoms with E-state index in [-0.39, 0.29) is 17.1 Å². The third-order valence-corrected chi connectivity index (χ3v) is 7.87. The van der Waals surface area contributed by atoms with Crippen molar-refractivity contribution in [1.82, 2.24) is 10.2 Å². The summed E-state index contributed by atoms with van der Waals surface area (Å²) in [6.45, 7) is 2.81. The van der Waals surface area contributed by atoms with E-state index in [2.05, 4.69) is 5.32 Å². The van der Waals surface area contributed by atoms with Gasteiger partial charge in [0.15, 0.2) is 0 Å². The molecule has 0 spiro atoms. The van der Waals surface area contributed by atoms with Gasteiger partial charge in [0.25, 0.3) is 10.0 Å². The van der Waals surface area contributed by atoms with Crippen LogP contribution in [0.2, 0.25) is 5.02 Å². The molecule has 3 aromatic rings. The number of amides is 2. The maximum absolute atomic E-state index is 13.6. The Kier molecular flexibility index (Phi) is 8.70. The summed E-state index contributed by atoms with van der Waals surface area (Å²) in [6, 6.07) is 17.0. The maximum Gasteiger partial charge on any atom is 0.264 e. The number of carbonyl (C=O) groups excluding carboxylic acids is 2. The monoisotopic (exact) mass is 531 g/mol.